The molecule has 132 valence electrons. The van der Waals surface area contributed by atoms with E-state index in [9.17, 15) is 4.79 Å². The van der Waals surface area contributed by atoms with E-state index in [2.05, 4.69) is 48.7 Å². The number of hydrogen-bond donors (Lipinski definition) is 2. The first-order valence-electron chi connectivity index (χ1n) is 9.13. The third-order valence-electron chi connectivity index (χ3n) is 3.49. The van der Waals surface area contributed by atoms with Gasteiger partial charge < -0.3 is 10.4 Å². The first-order valence-corrected chi connectivity index (χ1v) is 9.13. The van der Waals surface area contributed by atoms with Gasteiger partial charge in [-0.1, -0.05) is 62.6 Å². The topological polar surface area (TPSA) is 49.3 Å². The first kappa shape index (κ1) is 21.6. The van der Waals surface area contributed by atoms with Crippen molar-refractivity contribution in [2.75, 3.05) is 13.2 Å². The number of carbonyl (C=O) groups is 1. The molecule has 0 rings (SSSR count). The molecule has 0 unspecified atom stereocenters. The number of allylic oxidation sites excluding steroid dienone is 6. The molecule has 1 amide bonds. The minimum absolute atomic E-state index is 0.0188. The Balaban J connectivity index is 3.28. The molecule has 0 saturated heterocycles. The lowest BCUT2D eigenvalue weighted by molar-refractivity contribution is -0.121. The number of unbranched alkanes of at least 4 members (excludes halogenated alkanes) is 5. The molecule has 3 nitrogen and oxygen atoms in total. The van der Waals surface area contributed by atoms with Gasteiger partial charge in [-0.05, 0) is 38.5 Å². The fourth-order valence-electron chi connectivity index (χ4n) is 2.19. The maximum atomic E-state index is 11.3. The lowest BCUT2D eigenvalue weighted by Crippen LogP contribution is -2.25. The number of rotatable bonds is 15. The average Bonchev–Trinajstić information content (AvgIpc) is 2.56. The van der Waals surface area contributed by atoms with Crippen LogP contribution >= 0.6 is 0 Å². The Morgan fingerprint density at radius 2 is 1.48 bits per heavy atom. The molecule has 0 fully saturated rings. The minimum Gasteiger partial charge on any atom is -0.395 e. The second-order valence-electron chi connectivity index (χ2n) is 5.67. The van der Waals surface area contributed by atoms with Crippen molar-refractivity contribution in [1.29, 1.82) is 0 Å². The largest absolute Gasteiger partial charge is 0.395 e. The van der Waals surface area contributed by atoms with Crippen LogP contribution in [0.2, 0.25) is 0 Å². The van der Waals surface area contributed by atoms with E-state index in [4.69, 9.17) is 5.11 Å². The second-order valence-corrected chi connectivity index (χ2v) is 5.67. The van der Waals surface area contributed by atoms with Crippen LogP contribution in [-0.2, 0) is 4.79 Å². The zero-order chi connectivity index (χ0) is 17.0. The Labute approximate surface area is 142 Å². The molecule has 0 aromatic rings. The van der Waals surface area contributed by atoms with Crippen molar-refractivity contribution in [3.05, 3.63) is 36.5 Å². The van der Waals surface area contributed by atoms with Crippen molar-refractivity contribution in [3.63, 3.8) is 0 Å². The maximum absolute atomic E-state index is 11.3. The maximum Gasteiger partial charge on any atom is 0.220 e. The molecule has 0 aliphatic heterocycles. The van der Waals surface area contributed by atoms with Crippen LogP contribution in [0, 0.1) is 0 Å². The summed E-state index contributed by atoms with van der Waals surface area (Å²) in [4.78, 5) is 11.3. The molecule has 0 bridgehead atoms. The SMILES string of the molecule is CC/C=C/C/C=C\C/C=C\CCCCCCCC(=O)NCCO. The first-order chi connectivity index (χ1) is 11.3. The molecule has 0 aromatic heterocycles. The molecule has 0 atom stereocenters. The average molecular weight is 322 g/mol. The number of aliphatic hydroxyl groups excluding tert-OH is 1. The van der Waals surface area contributed by atoms with E-state index < -0.39 is 0 Å². The summed E-state index contributed by atoms with van der Waals surface area (Å²) in [6.07, 6.45) is 24.0. The summed E-state index contributed by atoms with van der Waals surface area (Å²) < 4.78 is 0. The van der Waals surface area contributed by atoms with Gasteiger partial charge in [0.05, 0.1) is 6.61 Å². The van der Waals surface area contributed by atoms with Crippen molar-refractivity contribution in [2.45, 2.75) is 71.1 Å². The smallest absolute Gasteiger partial charge is 0.220 e. The highest BCUT2D eigenvalue weighted by atomic mass is 16.3. The predicted octanol–water partition coefficient (Wildman–Crippen LogP) is 4.68. The molecule has 0 saturated carbocycles. The molecule has 0 spiro atoms. The number of carbonyl (C=O) groups excluding carboxylic acids is 1. The third kappa shape index (κ3) is 18.6. The molecule has 23 heavy (non-hydrogen) atoms. The lowest BCUT2D eigenvalue weighted by atomic mass is 10.1. The van der Waals surface area contributed by atoms with E-state index in [1.54, 1.807) is 0 Å². The Bertz CT molecular complexity index is 346. The van der Waals surface area contributed by atoms with Gasteiger partial charge >= 0.3 is 0 Å². The second kappa shape index (κ2) is 18.7. The minimum atomic E-state index is 0.0188. The van der Waals surface area contributed by atoms with Crippen molar-refractivity contribution in [3.8, 4) is 0 Å². The summed E-state index contributed by atoms with van der Waals surface area (Å²) in [6, 6.07) is 0. The number of nitrogens with one attached hydrogen (secondary N) is 1. The van der Waals surface area contributed by atoms with Gasteiger partial charge in [0.2, 0.25) is 5.91 Å². The van der Waals surface area contributed by atoms with E-state index in [-0.39, 0.29) is 12.5 Å². The molecule has 0 aliphatic carbocycles. The van der Waals surface area contributed by atoms with Crippen LogP contribution in [0.1, 0.15) is 71.1 Å². The standard InChI is InChI=1S/C20H35NO2/c1-2-3-4-5-6-7-8-9-10-11-12-13-14-15-16-17-20(23)21-18-19-22/h3-4,6-7,9-10,22H,2,5,8,11-19H2,1H3,(H,21,23)/b4-3+,7-6-,10-9-. The van der Waals surface area contributed by atoms with Crippen molar-refractivity contribution < 1.29 is 9.90 Å². The van der Waals surface area contributed by atoms with Gasteiger partial charge in [0, 0.05) is 13.0 Å². The van der Waals surface area contributed by atoms with E-state index in [1.165, 1.54) is 19.3 Å². The Morgan fingerprint density at radius 1 is 0.870 bits per heavy atom. The molecule has 0 aliphatic rings. The zero-order valence-electron chi connectivity index (χ0n) is 14.8. The van der Waals surface area contributed by atoms with Crippen LogP contribution in [0.4, 0.5) is 0 Å². The summed E-state index contributed by atoms with van der Waals surface area (Å²) >= 11 is 0. The highest BCUT2D eigenvalue weighted by Gasteiger charge is 1.99. The fourth-order valence-corrected chi connectivity index (χ4v) is 2.19. The molecular weight excluding hydrogens is 286 g/mol. The van der Waals surface area contributed by atoms with Crippen LogP contribution in [0.25, 0.3) is 0 Å². The predicted molar refractivity (Wildman–Crippen MR) is 99.4 cm³/mol. The number of aliphatic hydroxyl groups is 1. The summed E-state index contributed by atoms with van der Waals surface area (Å²) in [7, 11) is 0. The van der Waals surface area contributed by atoms with E-state index in [1.807, 2.05) is 0 Å². The van der Waals surface area contributed by atoms with Crippen LogP contribution in [0.3, 0.4) is 0 Å². The van der Waals surface area contributed by atoms with Gasteiger partial charge in [0.1, 0.15) is 0 Å². The van der Waals surface area contributed by atoms with Crippen molar-refractivity contribution in [2.24, 2.45) is 0 Å². The fraction of sp³-hybridized carbons (Fsp3) is 0.650. The molecule has 0 aromatic carbocycles. The van der Waals surface area contributed by atoms with E-state index in [0.29, 0.717) is 13.0 Å². The number of hydrogen-bond acceptors (Lipinski definition) is 2. The van der Waals surface area contributed by atoms with Gasteiger partial charge in [0.15, 0.2) is 0 Å². The van der Waals surface area contributed by atoms with Crippen LogP contribution in [0.5, 0.6) is 0 Å². The molecule has 0 radical (unpaired) electrons. The van der Waals surface area contributed by atoms with Gasteiger partial charge in [0.25, 0.3) is 0 Å². The highest BCUT2D eigenvalue weighted by molar-refractivity contribution is 5.75. The summed E-state index contributed by atoms with van der Waals surface area (Å²) in [5.74, 6) is 0.0558. The molecule has 3 heteroatoms. The zero-order valence-corrected chi connectivity index (χ0v) is 14.8. The molecule has 0 heterocycles. The van der Waals surface area contributed by atoms with Gasteiger partial charge in [-0.3, -0.25) is 4.79 Å². The van der Waals surface area contributed by atoms with Gasteiger partial charge in [-0.2, -0.15) is 0 Å². The monoisotopic (exact) mass is 321 g/mol. The number of amides is 1. The van der Waals surface area contributed by atoms with Crippen LogP contribution < -0.4 is 5.32 Å². The Hall–Kier alpha value is -1.35. The highest BCUT2D eigenvalue weighted by Crippen LogP contribution is 2.07. The quantitative estimate of drug-likeness (QED) is 0.340. The van der Waals surface area contributed by atoms with Gasteiger partial charge in [-0.25, -0.2) is 0 Å². The van der Waals surface area contributed by atoms with Crippen molar-refractivity contribution >= 4 is 5.91 Å². The van der Waals surface area contributed by atoms with E-state index >= 15 is 0 Å². The van der Waals surface area contributed by atoms with Gasteiger partial charge in [-0.15, -0.1) is 0 Å². The Kier molecular flexibility index (Phi) is 17.6. The lowest BCUT2D eigenvalue weighted by Gasteiger charge is -2.03. The Morgan fingerprint density at radius 3 is 2.17 bits per heavy atom. The summed E-state index contributed by atoms with van der Waals surface area (Å²) in [5, 5.41) is 11.3. The normalized spacial score (nSPS) is 11.9. The third-order valence-corrected chi connectivity index (χ3v) is 3.49. The van der Waals surface area contributed by atoms with Crippen molar-refractivity contribution in [1.82, 2.24) is 5.32 Å². The van der Waals surface area contributed by atoms with Crippen LogP contribution in [-0.4, -0.2) is 24.2 Å². The molecular formula is C20H35NO2. The molecule has 2 N–H and O–H groups in total. The van der Waals surface area contributed by atoms with Crippen LogP contribution in [0.15, 0.2) is 36.5 Å². The summed E-state index contributed by atoms with van der Waals surface area (Å²) in [6.45, 7) is 2.54. The van der Waals surface area contributed by atoms with E-state index in [0.717, 1.165) is 38.5 Å². The summed E-state index contributed by atoms with van der Waals surface area (Å²) in [5.41, 5.74) is 0.